The molecule has 0 aliphatic carbocycles. The molecule has 0 amide bonds. The molecule has 0 bridgehead atoms. The van der Waals surface area contributed by atoms with E-state index in [1.165, 1.54) is 12.8 Å². The summed E-state index contributed by atoms with van der Waals surface area (Å²) in [5.74, 6) is 0.486. The summed E-state index contributed by atoms with van der Waals surface area (Å²) in [6, 6.07) is 7.61. The van der Waals surface area contributed by atoms with E-state index in [0.717, 1.165) is 29.5 Å². The van der Waals surface area contributed by atoms with Crippen LogP contribution in [0.3, 0.4) is 0 Å². The topological polar surface area (TPSA) is 42.7 Å². The lowest BCUT2D eigenvalue weighted by atomic mass is 9.97. The maximum Gasteiger partial charge on any atom is 0.0875 e. The second kappa shape index (κ2) is 5.08. The smallest absolute Gasteiger partial charge is 0.0875 e. The highest BCUT2D eigenvalue weighted by atomic mass is 35.5. The van der Waals surface area contributed by atoms with Crippen molar-refractivity contribution < 1.29 is 0 Å². The number of aromatic nitrogens is 3. The zero-order valence-corrected chi connectivity index (χ0v) is 10.8. The molecule has 1 unspecified atom stereocenters. The fraction of sp³-hybridized carbons (Fsp3) is 0.385. The molecule has 0 saturated carbocycles. The zero-order valence-electron chi connectivity index (χ0n) is 10.0. The first-order valence-electron chi connectivity index (χ1n) is 6.22. The molecule has 1 fully saturated rings. The van der Waals surface area contributed by atoms with Crippen molar-refractivity contribution in [1.29, 1.82) is 0 Å². The Labute approximate surface area is 111 Å². The van der Waals surface area contributed by atoms with Gasteiger partial charge in [0.2, 0.25) is 0 Å². The molecule has 4 nitrogen and oxygen atoms in total. The monoisotopic (exact) mass is 262 g/mol. The molecule has 1 aromatic heterocycles. The molecule has 1 atom stereocenters. The van der Waals surface area contributed by atoms with Crippen LogP contribution < -0.4 is 5.32 Å². The third-order valence-electron chi connectivity index (χ3n) is 3.32. The van der Waals surface area contributed by atoms with Crippen LogP contribution in [0, 0.1) is 0 Å². The number of hydrogen-bond donors (Lipinski definition) is 1. The van der Waals surface area contributed by atoms with Crippen LogP contribution in [0.1, 0.15) is 24.5 Å². The Morgan fingerprint density at radius 2 is 2.11 bits per heavy atom. The number of hydrogen-bond acceptors (Lipinski definition) is 3. The van der Waals surface area contributed by atoms with E-state index in [1.54, 1.807) is 4.68 Å². The van der Waals surface area contributed by atoms with Crippen molar-refractivity contribution in [1.82, 2.24) is 20.3 Å². The molecular formula is C13H15ClN4. The molecule has 0 radical (unpaired) electrons. The van der Waals surface area contributed by atoms with Crippen LogP contribution in [-0.2, 0) is 0 Å². The van der Waals surface area contributed by atoms with E-state index in [2.05, 4.69) is 15.6 Å². The number of nitrogens with zero attached hydrogens (tertiary/aromatic N) is 3. The van der Waals surface area contributed by atoms with Crippen LogP contribution >= 0.6 is 11.6 Å². The molecule has 1 N–H and O–H groups in total. The fourth-order valence-electron chi connectivity index (χ4n) is 2.29. The lowest BCUT2D eigenvalue weighted by molar-refractivity contribution is 0.454. The minimum atomic E-state index is 0.486. The van der Waals surface area contributed by atoms with Crippen LogP contribution in [-0.4, -0.2) is 28.1 Å². The highest BCUT2D eigenvalue weighted by Crippen LogP contribution is 2.21. The number of halogens is 1. The highest BCUT2D eigenvalue weighted by molar-refractivity contribution is 6.30. The van der Waals surface area contributed by atoms with Crippen LogP contribution in [0.15, 0.2) is 30.5 Å². The fourth-order valence-corrected chi connectivity index (χ4v) is 2.41. The summed E-state index contributed by atoms with van der Waals surface area (Å²) >= 11 is 5.87. The highest BCUT2D eigenvalue weighted by Gasteiger charge is 2.18. The minimum absolute atomic E-state index is 0.486. The van der Waals surface area contributed by atoms with E-state index in [9.17, 15) is 0 Å². The molecule has 0 spiro atoms. The van der Waals surface area contributed by atoms with Gasteiger partial charge < -0.3 is 5.32 Å². The molecule has 1 aromatic carbocycles. The van der Waals surface area contributed by atoms with Gasteiger partial charge >= 0.3 is 0 Å². The van der Waals surface area contributed by atoms with Crippen LogP contribution in [0.5, 0.6) is 0 Å². The first kappa shape index (κ1) is 11.7. The molecule has 5 heteroatoms. The number of piperidine rings is 1. The molecular weight excluding hydrogens is 248 g/mol. The molecule has 18 heavy (non-hydrogen) atoms. The Kier molecular flexibility index (Phi) is 3.30. The predicted octanol–water partition coefficient (Wildman–Crippen LogP) is 2.39. The minimum Gasteiger partial charge on any atom is -0.316 e. The van der Waals surface area contributed by atoms with Gasteiger partial charge in [-0.25, -0.2) is 4.68 Å². The number of rotatable bonds is 2. The summed E-state index contributed by atoms with van der Waals surface area (Å²) in [6.45, 7) is 2.11. The average molecular weight is 263 g/mol. The maximum atomic E-state index is 5.87. The van der Waals surface area contributed by atoms with Crippen molar-refractivity contribution in [3.63, 3.8) is 0 Å². The lowest BCUT2D eigenvalue weighted by Gasteiger charge is -2.20. The third kappa shape index (κ3) is 2.40. The molecule has 1 aliphatic heterocycles. The Balaban J connectivity index is 1.82. The van der Waals surface area contributed by atoms with E-state index >= 15 is 0 Å². The van der Waals surface area contributed by atoms with Crippen molar-refractivity contribution in [3.8, 4) is 5.69 Å². The van der Waals surface area contributed by atoms with Gasteiger partial charge in [-0.15, -0.1) is 5.10 Å². The molecule has 2 heterocycles. The summed E-state index contributed by atoms with van der Waals surface area (Å²) < 4.78 is 1.81. The standard InChI is InChI=1S/C13H15ClN4/c14-11-3-5-12(6-4-11)18-9-13(16-17-18)10-2-1-7-15-8-10/h3-6,9-10,15H,1-2,7-8H2. The first-order valence-corrected chi connectivity index (χ1v) is 6.59. The summed E-state index contributed by atoms with van der Waals surface area (Å²) in [5, 5.41) is 12.6. The summed E-state index contributed by atoms with van der Waals surface area (Å²) in [6.07, 6.45) is 4.41. The van der Waals surface area contributed by atoms with Gasteiger partial charge in [-0.2, -0.15) is 0 Å². The first-order chi connectivity index (χ1) is 8.83. The zero-order chi connectivity index (χ0) is 12.4. The van der Waals surface area contributed by atoms with Gasteiger partial charge in [-0.05, 0) is 43.7 Å². The summed E-state index contributed by atoms with van der Waals surface area (Å²) in [7, 11) is 0. The quantitative estimate of drug-likeness (QED) is 0.904. The van der Waals surface area contributed by atoms with E-state index in [0.29, 0.717) is 5.92 Å². The van der Waals surface area contributed by atoms with Gasteiger partial charge in [0.25, 0.3) is 0 Å². The normalized spacial score (nSPS) is 19.9. The third-order valence-corrected chi connectivity index (χ3v) is 3.57. The molecule has 3 rings (SSSR count). The Morgan fingerprint density at radius 1 is 1.28 bits per heavy atom. The Hall–Kier alpha value is -1.39. The number of benzene rings is 1. The number of nitrogens with one attached hydrogen (secondary N) is 1. The SMILES string of the molecule is Clc1ccc(-n2cc(C3CCCNC3)nn2)cc1. The Bertz CT molecular complexity index is 514. The predicted molar refractivity (Wildman–Crippen MR) is 71.2 cm³/mol. The van der Waals surface area contributed by atoms with E-state index in [4.69, 9.17) is 11.6 Å². The van der Waals surface area contributed by atoms with Crippen molar-refractivity contribution >= 4 is 11.6 Å². The molecule has 94 valence electrons. The lowest BCUT2D eigenvalue weighted by Crippen LogP contribution is -2.28. The molecule has 2 aromatic rings. The van der Waals surface area contributed by atoms with Crippen LogP contribution in [0.2, 0.25) is 5.02 Å². The second-order valence-electron chi connectivity index (χ2n) is 4.61. The van der Waals surface area contributed by atoms with Crippen molar-refractivity contribution in [2.45, 2.75) is 18.8 Å². The van der Waals surface area contributed by atoms with Gasteiger partial charge in [0.15, 0.2) is 0 Å². The van der Waals surface area contributed by atoms with E-state index < -0.39 is 0 Å². The average Bonchev–Trinajstić information content (AvgIpc) is 2.90. The van der Waals surface area contributed by atoms with Crippen molar-refractivity contribution in [3.05, 3.63) is 41.2 Å². The van der Waals surface area contributed by atoms with Gasteiger partial charge in [0.1, 0.15) is 0 Å². The van der Waals surface area contributed by atoms with E-state index in [1.807, 2.05) is 30.5 Å². The van der Waals surface area contributed by atoms with Gasteiger partial charge in [0.05, 0.1) is 17.6 Å². The maximum absolute atomic E-state index is 5.87. The molecule has 1 aliphatic rings. The second-order valence-corrected chi connectivity index (χ2v) is 5.04. The van der Waals surface area contributed by atoms with Gasteiger partial charge in [-0.1, -0.05) is 16.8 Å². The summed E-state index contributed by atoms with van der Waals surface area (Å²) in [4.78, 5) is 0. The van der Waals surface area contributed by atoms with Gasteiger partial charge in [0, 0.05) is 17.5 Å². The van der Waals surface area contributed by atoms with Gasteiger partial charge in [-0.3, -0.25) is 0 Å². The Morgan fingerprint density at radius 3 is 2.83 bits per heavy atom. The van der Waals surface area contributed by atoms with Crippen molar-refractivity contribution in [2.75, 3.05) is 13.1 Å². The molecule has 1 saturated heterocycles. The van der Waals surface area contributed by atoms with Crippen LogP contribution in [0.4, 0.5) is 0 Å². The summed E-state index contributed by atoms with van der Waals surface area (Å²) in [5.41, 5.74) is 2.05. The van der Waals surface area contributed by atoms with Crippen LogP contribution in [0.25, 0.3) is 5.69 Å². The largest absolute Gasteiger partial charge is 0.316 e. The van der Waals surface area contributed by atoms with E-state index in [-0.39, 0.29) is 0 Å². The van der Waals surface area contributed by atoms with Crippen molar-refractivity contribution in [2.24, 2.45) is 0 Å².